The molecule has 1 aromatic rings. The molecular weight excluding hydrogens is 198 g/mol. The van der Waals surface area contributed by atoms with Crippen LogP contribution in [-0.2, 0) is 20.0 Å². The molecule has 1 unspecified atom stereocenters. The smallest absolute Gasteiger partial charge is 0.0666 e. The average molecular weight is 221 g/mol. The van der Waals surface area contributed by atoms with Crippen LogP contribution in [0.15, 0.2) is 18.9 Å². The minimum Gasteiger partial charge on any atom is -0.310 e. The van der Waals surface area contributed by atoms with Crippen LogP contribution < -0.4 is 5.32 Å². The molecule has 1 heterocycles. The van der Waals surface area contributed by atoms with Crippen LogP contribution in [0.25, 0.3) is 0 Å². The minimum absolute atomic E-state index is 0.530. The van der Waals surface area contributed by atoms with Gasteiger partial charge in [-0.15, -0.1) is 6.58 Å². The molecule has 0 aliphatic rings. The highest BCUT2D eigenvalue weighted by molar-refractivity contribution is 5.16. The second-order valence-corrected chi connectivity index (χ2v) is 4.28. The first kappa shape index (κ1) is 13.0. The van der Waals surface area contributed by atoms with Gasteiger partial charge < -0.3 is 5.32 Å². The zero-order chi connectivity index (χ0) is 12.0. The Labute approximate surface area is 98.5 Å². The summed E-state index contributed by atoms with van der Waals surface area (Å²) in [7, 11) is 1.98. The van der Waals surface area contributed by atoms with Gasteiger partial charge in [-0.25, -0.2) is 0 Å². The van der Waals surface area contributed by atoms with Crippen LogP contribution in [0.1, 0.15) is 37.9 Å². The third kappa shape index (κ3) is 3.81. The van der Waals surface area contributed by atoms with Crippen molar-refractivity contribution in [2.75, 3.05) is 0 Å². The van der Waals surface area contributed by atoms with E-state index in [2.05, 4.69) is 37.0 Å². The van der Waals surface area contributed by atoms with E-state index in [0.29, 0.717) is 6.04 Å². The van der Waals surface area contributed by atoms with Crippen LogP contribution >= 0.6 is 0 Å². The highest BCUT2D eigenvalue weighted by atomic mass is 15.3. The standard InChI is InChI=1S/C13H23N3/c1-5-7-8-11(3)14-9-12-10-16(4)15-13(12)6-2/h5,10-11,14H,1,6-9H2,2-4H3. The van der Waals surface area contributed by atoms with Crippen molar-refractivity contribution in [3.8, 4) is 0 Å². The Bertz CT molecular complexity index is 328. The Kier molecular flexibility index (Phi) is 5.26. The molecular formula is C13H23N3. The van der Waals surface area contributed by atoms with Gasteiger partial charge >= 0.3 is 0 Å². The molecule has 0 spiro atoms. The third-order valence-corrected chi connectivity index (χ3v) is 2.77. The summed E-state index contributed by atoms with van der Waals surface area (Å²) in [5, 5.41) is 7.95. The van der Waals surface area contributed by atoms with Crippen LogP contribution in [0.2, 0.25) is 0 Å². The lowest BCUT2D eigenvalue weighted by Gasteiger charge is -2.12. The molecule has 0 saturated carbocycles. The van der Waals surface area contributed by atoms with Gasteiger partial charge in [0.15, 0.2) is 0 Å². The van der Waals surface area contributed by atoms with Crippen molar-refractivity contribution in [2.24, 2.45) is 7.05 Å². The summed E-state index contributed by atoms with van der Waals surface area (Å²) in [5.41, 5.74) is 2.52. The van der Waals surface area contributed by atoms with E-state index in [0.717, 1.165) is 25.8 Å². The molecule has 1 rings (SSSR count). The zero-order valence-corrected chi connectivity index (χ0v) is 10.7. The second-order valence-electron chi connectivity index (χ2n) is 4.28. The van der Waals surface area contributed by atoms with Crippen molar-refractivity contribution in [1.29, 1.82) is 0 Å². The fraction of sp³-hybridized carbons (Fsp3) is 0.615. The van der Waals surface area contributed by atoms with Gasteiger partial charge in [0.2, 0.25) is 0 Å². The van der Waals surface area contributed by atoms with Gasteiger partial charge in [-0.2, -0.15) is 5.10 Å². The quantitative estimate of drug-likeness (QED) is 0.717. The molecule has 1 N–H and O–H groups in total. The SMILES string of the molecule is C=CCCC(C)NCc1cn(C)nc1CC. The molecule has 0 aromatic carbocycles. The molecule has 0 aliphatic heterocycles. The van der Waals surface area contributed by atoms with Crippen LogP contribution in [0.5, 0.6) is 0 Å². The maximum absolute atomic E-state index is 4.43. The van der Waals surface area contributed by atoms with Gasteiger partial charge in [-0.3, -0.25) is 4.68 Å². The number of aryl methyl sites for hydroxylation is 2. The Hall–Kier alpha value is -1.09. The lowest BCUT2D eigenvalue weighted by atomic mass is 10.1. The number of hydrogen-bond donors (Lipinski definition) is 1. The molecule has 3 heteroatoms. The fourth-order valence-corrected chi connectivity index (χ4v) is 1.78. The summed E-state index contributed by atoms with van der Waals surface area (Å²) in [6, 6.07) is 0.530. The first-order chi connectivity index (χ1) is 7.67. The summed E-state index contributed by atoms with van der Waals surface area (Å²) in [4.78, 5) is 0. The maximum Gasteiger partial charge on any atom is 0.0666 e. The maximum atomic E-state index is 4.43. The predicted octanol–water partition coefficient (Wildman–Crippen LogP) is 2.43. The molecule has 0 amide bonds. The van der Waals surface area contributed by atoms with Crippen molar-refractivity contribution in [1.82, 2.24) is 15.1 Å². The van der Waals surface area contributed by atoms with Gasteiger partial charge in [0.1, 0.15) is 0 Å². The number of nitrogens with zero attached hydrogens (tertiary/aromatic N) is 2. The summed E-state index contributed by atoms with van der Waals surface area (Å²) in [6.45, 7) is 9.01. The Balaban J connectivity index is 2.43. The molecule has 0 aliphatic carbocycles. The third-order valence-electron chi connectivity index (χ3n) is 2.77. The number of aromatic nitrogens is 2. The number of allylic oxidation sites excluding steroid dienone is 1. The predicted molar refractivity (Wildman–Crippen MR) is 68.3 cm³/mol. The monoisotopic (exact) mass is 221 g/mol. The zero-order valence-electron chi connectivity index (χ0n) is 10.7. The lowest BCUT2D eigenvalue weighted by Crippen LogP contribution is -2.25. The van der Waals surface area contributed by atoms with Crippen molar-refractivity contribution in [3.05, 3.63) is 30.1 Å². The Morgan fingerprint density at radius 3 is 3.00 bits per heavy atom. The highest BCUT2D eigenvalue weighted by Gasteiger charge is 2.07. The van der Waals surface area contributed by atoms with E-state index in [1.54, 1.807) is 0 Å². The van der Waals surface area contributed by atoms with Crippen LogP contribution in [0.3, 0.4) is 0 Å². The summed E-state index contributed by atoms with van der Waals surface area (Å²) >= 11 is 0. The molecule has 1 atom stereocenters. The Morgan fingerprint density at radius 1 is 1.62 bits per heavy atom. The molecule has 0 radical (unpaired) electrons. The molecule has 16 heavy (non-hydrogen) atoms. The van der Waals surface area contributed by atoms with E-state index in [1.807, 2.05) is 17.8 Å². The summed E-state index contributed by atoms with van der Waals surface area (Å²) in [5.74, 6) is 0. The topological polar surface area (TPSA) is 29.9 Å². The minimum atomic E-state index is 0.530. The van der Waals surface area contributed by atoms with E-state index in [1.165, 1.54) is 11.3 Å². The van der Waals surface area contributed by atoms with Gasteiger partial charge in [0.05, 0.1) is 5.69 Å². The molecule has 0 saturated heterocycles. The van der Waals surface area contributed by atoms with Gasteiger partial charge in [-0.1, -0.05) is 13.0 Å². The van der Waals surface area contributed by atoms with E-state index in [9.17, 15) is 0 Å². The van der Waals surface area contributed by atoms with E-state index in [4.69, 9.17) is 0 Å². The van der Waals surface area contributed by atoms with Crippen molar-refractivity contribution >= 4 is 0 Å². The highest BCUT2D eigenvalue weighted by Crippen LogP contribution is 2.07. The summed E-state index contributed by atoms with van der Waals surface area (Å²) in [6.07, 6.45) is 7.29. The van der Waals surface area contributed by atoms with E-state index >= 15 is 0 Å². The second kappa shape index (κ2) is 6.48. The van der Waals surface area contributed by atoms with E-state index in [-0.39, 0.29) is 0 Å². The number of rotatable bonds is 7. The first-order valence-corrected chi connectivity index (χ1v) is 6.03. The molecule has 90 valence electrons. The number of hydrogen-bond acceptors (Lipinski definition) is 2. The molecule has 3 nitrogen and oxygen atoms in total. The largest absolute Gasteiger partial charge is 0.310 e. The van der Waals surface area contributed by atoms with E-state index < -0.39 is 0 Å². The fourth-order valence-electron chi connectivity index (χ4n) is 1.78. The Morgan fingerprint density at radius 2 is 2.38 bits per heavy atom. The average Bonchev–Trinajstić information content (AvgIpc) is 2.64. The molecule has 0 fully saturated rings. The van der Waals surface area contributed by atoms with Gasteiger partial charge in [0, 0.05) is 31.4 Å². The van der Waals surface area contributed by atoms with Crippen molar-refractivity contribution < 1.29 is 0 Å². The number of nitrogens with one attached hydrogen (secondary N) is 1. The van der Waals surface area contributed by atoms with Crippen molar-refractivity contribution in [2.45, 2.75) is 45.7 Å². The van der Waals surface area contributed by atoms with Gasteiger partial charge in [0.25, 0.3) is 0 Å². The molecule has 1 aromatic heterocycles. The normalized spacial score (nSPS) is 12.7. The van der Waals surface area contributed by atoms with Gasteiger partial charge in [-0.05, 0) is 26.2 Å². The van der Waals surface area contributed by atoms with Crippen molar-refractivity contribution in [3.63, 3.8) is 0 Å². The first-order valence-electron chi connectivity index (χ1n) is 6.03. The van der Waals surface area contributed by atoms with Crippen LogP contribution in [-0.4, -0.2) is 15.8 Å². The van der Waals surface area contributed by atoms with Crippen LogP contribution in [0, 0.1) is 0 Å². The summed E-state index contributed by atoms with van der Waals surface area (Å²) < 4.78 is 1.89. The van der Waals surface area contributed by atoms with Crippen LogP contribution in [0.4, 0.5) is 0 Å². The lowest BCUT2D eigenvalue weighted by molar-refractivity contribution is 0.517. The molecule has 0 bridgehead atoms.